The Morgan fingerprint density at radius 1 is 1.28 bits per heavy atom. The quantitative estimate of drug-likeness (QED) is 0.516. The van der Waals surface area contributed by atoms with Crippen LogP contribution < -0.4 is 0 Å². The van der Waals surface area contributed by atoms with E-state index in [1.807, 2.05) is 13.0 Å². The summed E-state index contributed by atoms with van der Waals surface area (Å²) in [4.78, 5) is 1.15. The third-order valence-electron chi connectivity index (χ3n) is 3.13. The van der Waals surface area contributed by atoms with E-state index in [1.54, 1.807) is 11.3 Å². The average Bonchev–Trinajstić information content (AvgIpc) is 2.67. The lowest BCUT2D eigenvalue weighted by Crippen LogP contribution is -1.82. The van der Waals surface area contributed by atoms with E-state index in [0.717, 1.165) is 31.4 Å². The summed E-state index contributed by atoms with van der Waals surface area (Å²) < 4.78 is 2.35. The molecule has 1 aromatic carbocycles. The van der Waals surface area contributed by atoms with Gasteiger partial charge in [0, 0.05) is 14.2 Å². The van der Waals surface area contributed by atoms with Crippen LogP contribution in [0.4, 0.5) is 0 Å². The molecule has 92 valence electrons. The SMILES string of the molecule is CC1=C(Cl)c2sc3ccc(Br)cc3c2CC=C1Cl. The second-order valence-corrected chi connectivity index (χ2v) is 7.00. The van der Waals surface area contributed by atoms with Gasteiger partial charge in [0.25, 0.3) is 0 Å². The number of hydrogen-bond donors (Lipinski definition) is 0. The first-order chi connectivity index (χ1) is 8.58. The van der Waals surface area contributed by atoms with Crippen molar-refractivity contribution in [2.45, 2.75) is 13.3 Å². The number of fused-ring (bicyclic) bond motifs is 3. The molecule has 0 N–H and O–H groups in total. The Labute approximate surface area is 128 Å². The van der Waals surface area contributed by atoms with Crippen LogP contribution in [-0.2, 0) is 6.42 Å². The molecule has 0 saturated heterocycles. The summed E-state index contributed by atoms with van der Waals surface area (Å²) in [6.07, 6.45) is 2.87. The number of benzene rings is 1. The number of halogens is 3. The van der Waals surface area contributed by atoms with E-state index in [1.165, 1.54) is 15.6 Å². The smallest absolute Gasteiger partial charge is 0.0625 e. The van der Waals surface area contributed by atoms with Gasteiger partial charge >= 0.3 is 0 Å². The lowest BCUT2D eigenvalue weighted by Gasteiger charge is -2.00. The molecule has 0 spiro atoms. The van der Waals surface area contributed by atoms with Gasteiger partial charge in [-0.15, -0.1) is 11.3 Å². The first-order valence-electron chi connectivity index (χ1n) is 5.51. The van der Waals surface area contributed by atoms with Crippen LogP contribution in [0.15, 0.2) is 39.4 Å². The Hall–Kier alpha value is -0.280. The maximum absolute atomic E-state index is 6.46. The molecular formula is C14H9BrCl2S. The molecule has 0 nitrogen and oxygen atoms in total. The monoisotopic (exact) mass is 358 g/mol. The zero-order valence-electron chi connectivity index (χ0n) is 9.56. The van der Waals surface area contributed by atoms with Crippen molar-refractivity contribution in [3.05, 3.63) is 49.8 Å². The predicted molar refractivity (Wildman–Crippen MR) is 85.6 cm³/mol. The molecule has 2 aromatic rings. The third kappa shape index (κ3) is 1.96. The Morgan fingerprint density at radius 2 is 2.06 bits per heavy atom. The topological polar surface area (TPSA) is 0 Å². The molecule has 1 aromatic heterocycles. The van der Waals surface area contributed by atoms with Gasteiger partial charge in [0.2, 0.25) is 0 Å². The highest BCUT2D eigenvalue weighted by Crippen LogP contribution is 2.43. The fourth-order valence-corrected chi connectivity index (χ4v) is 4.24. The molecule has 18 heavy (non-hydrogen) atoms. The van der Waals surface area contributed by atoms with Crippen LogP contribution in [0.5, 0.6) is 0 Å². The highest BCUT2D eigenvalue weighted by Gasteiger charge is 2.19. The lowest BCUT2D eigenvalue weighted by molar-refractivity contribution is 1.31. The van der Waals surface area contributed by atoms with Crippen LogP contribution in [0, 0.1) is 0 Å². The first kappa shape index (κ1) is 12.7. The predicted octanol–water partition coefficient (Wildman–Crippen LogP) is 6.31. The highest BCUT2D eigenvalue weighted by atomic mass is 79.9. The van der Waals surface area contributed by atoms with Crippen molar-refractivity contribution in [1.29, 1.82) is 0 Å². The van der Waals surface area contributed by atoms with Gasteiger partial charge in [0.15, 0.2) is 0 Å². The van der Waals surface area contributed by atoms with Crippen LogP contribution in [0.1, 0.15) is 17.4 Å². The summed E-state index contributed by atoms with van der Waals surface area (Å²) in [5.74, 6) is 0. The molecule has 0 aliphatic heterocycles. The molecule has 1 aliphatic carbocycles. The van der Waals surface area contributed by atoms with E-state index in [-0.39, 0.29) is 0 Å². The van der Waals surface area contributed by atoms with E-state index in [2.05, 4.69) is 34.1 Å². The van der Waals surface area contributed by atoms with Crippen molar-refractivity contribution in [3.63, 3.8) is 0 Å². The minimum Gasteiger partial charge on any atom is -0.134 e. The van der Waals surface area contributed by atoms with E-state index >= 15 is 0 Å². The summed E-state index contributed by atoms with van der Waals surface area (Å²) in [5, 5.41) is 2.80. The summed E-state index contributed by atoms with van der Waals surface area (Å²) in [6.45, 7) is 1.97. The van der Waals surface area contributed by atoms with E-state index in [9.17, 15) is 0 Å². The summed E-state index contributed by atoms with van der Waals surface area (Å²) in [7, 11) is 0. The Morgan fingerprint density at radius 3 is 2.83 bits per heavy atom. The zero-order valence-corrected chi connectivity index (χ0v) is 13.5. The van der Waals surface area contributed by atoms with E-state index in [4.69, 9.17) is 23.2 Å². The third-order valence-corrected chi connectivity index (χ3v) is 5.87. The molecule has 0 amide bonds. The van der Waals surface area contributed by atoms with Gasteiger partial charge in [-0.25, -0.2) is 0 Å². The Balaban J connectivity index is 2.36. The van der Waals surface area contributed by atoms with Crippen LogP contribution in [-0.4, -0.2) is 0 Å². The molecule has 0 fully saturated rings. The second kappa shape index (κ2) is 4.68. The fourth-order valence-electron chi connectivity index (χ4n) is 2.12. The minimum atomic E-state index is 0.756. The maximum atomic E-state index is 6.46. The minimum absolute atomic E-state index is 0.756. The van der Waals surface area contributed by atoms with E-state index < -0.39 is 0 Å². The van der Waals surface area contributed by atoms with Crippen LogP contribution in [0.2, 0.25) is 0 Å². The Kier molecular flexibility index (Phi) is 3.31. The molecule has 0 bridgehead atoms. The largest absolute Gasteiger partial charge is 0.134 e. The molecule has 1 aliphatic rings. The van der Waals surface area contributed by atoms with Gasteiger partial charge in [-0.2, -0.15) is 0 Å². The normalized spacial score (nSPS) is 15.7. The van der Waals surface area contributed by atoms with Crippen molar-refractivity contribution < 1.29 is 0 Å². The van der Waals surface area contributed by atoms with Gasteiger partial charge in [-0.05, 0) is 48.1 Å². The second-order valence-electron chi connectivity index (χ2n) is 4.25. The summed E-state index contributed by atoms with van der Waals surface area (Å²) >= 11 is 17.9. The summed E-state index contributed by atoms with van der Waals surface area (Å²) in [6, 6.07) is 6.34. The van der Waals surface area contributed by atoms with Gasteiger partial charge in [-0.3, -0.25) is 0 Å². The van der Waals surface area contributed by atoms with Crippen molar-refractivity contribution >= 4 is 65.6 Å². The maximum Gasteiger partial charge on any atom is 0.0625 e. The molecule has 0 atom stereocenters. The number of allylic oxidation sites excluding steroid dienone is 3. The molecule has 0 unspecified atom stereocenters. The van der Waals surface area contributed by atoms with Crippen molar-refractivity contribution in [2.24, 2.45) is 0 Å². The number of thiophene rings is 1. The molecular weight excluding hydrogens is 351 g/mol. The number of rotatable bonds is 0. The van der Waals surface area contributed by atoms with Crippen LogP contribution >= 0.6 is 50.5 Å². The molecule has 0 radical (unpaired) electrons. The summed E-state index contributed by atoms with van der Waals surface area (Å²) in [5.41, 5.74) is 2.24. The van der Waals surface area contributed by atoms with Crippen molar-refractivity contribution in [3.8, 4) is 0 Å². The Bertz CT molecular complexity index is 710. The van der Waals surface area contributed by atoms with Crippen molar-refractivity contribution in [2.75, 3.05) is 0 Å². The molecule has 1 heterocycles. The number of hydrogen-bond acceptors (Lipinski definition) is 1. The van der Waals surface area contributed by atoms with Gasteiger partial charge in [0.05, 0.1) is 9.91 Å². The van der Waals surface area contributed by atoms with Crippen LogP contribution in [0.25, 0.3) is 15.1 Å². The van der Waals surface area contributed by atoms with Crippen molar-refractivity contribution in [1.82, 2.24) is 0 Å². The molecule has 3 rings (SSSR count). The highest BCUT2D eigenvalue weighted by molar-refractivity contribution is 9.10. The molecule has 0 saturated carbocycles. The fraction of sp³-hybridized carbons (Fsp3) is 0.143. The van der Waals surface area contributed by atoms with Crippen LogP contribution in [0.3, 0.4) is 0 Å². The van der Waals surface area contributed by atoms with Gasteiger partial charge in [0.1, 0.15) is 0 Å². The van der Waals surface area contributed by atoms with E-state index in [0.29, 0.717) is 0 Å². The van der Waals surface area contributed by atoms with Gasteiger partial charge in [-0.1, -0.05) is 45.2 Å². The average molecular weight is 360 g/mol. The zero-order chi connectivity index (χ0) is 12.9. The first-order valence-corrected chi connectivity index (χ1v) is 7.88. The molecule has 4 heteroatoms. The standard InChI is InChI=1S/C14H9BrCl2S/c1-7-11(16)4-3-9-10-6-8(15)2-5-12(10)18-14(9)13(7)17/h2,4-6H,3H2,1H3. The lowest BCUT2D eigenvalue weighted by atomic mass is 10.1. The van der Waals surface area contributed by atoms with Gasteiger partial charge < -0.3 is 0 Å².